The summed E-state index contributed by atoms with van der Waals surface area (Å²) in [6.45, 7) is 10.2. The lowest BCUT2D eigenvalue weighted by molar-refractivity contribution is -0.144. The van der Waals surface area contributed by atoms with Crippen LogP contribution in [0.3, 0.4) is 0 Å². The number of esters is 1. The molecule has 58 heavy (non-hydrogen) atoms. The molecule has 0 aromatic heterocycles. The fraction of sp³-hybridized carbons (Fsp3) is 0.922. The van der Waals surface area contributed by atoms with Crippen molar-refractivity contribution >= 4 is 23.8 Å². The summed E-state index contributed by atoms with van der Waals surface area (Å²) in [6.07, 6.45) is 41.9. The van der Waals surface area contributed by atoms with Gasteiger partial charge in [-0.1, -0.05) is 175 Å². The highest BCUT2D eigenvalue weighted by molar-refractivity contribution is 5.84. The second-order valence-corrected chi connectivity index (χ2v) is 18.1. The van der Waals surface area contributed by atoms with Crippen LogP contribution in [0.15, 0.2) is 0 Å². The molecule has 7 nitrogen and oxygen atoms in total. The molecule has 0 spiro atoms. The summed E-state index contributed by atoms with van der Waals surface area (Å²) in [4.78, 5) is 52.2. The molecule has 1 aliphatic rings. The van der Waals surface area contributed by atoms with E-state index in [0.717, 1.165) is 96.5 Å². The zero-order valence-electron chi connectivity index (χ0n) is 39.5. The molecule has 0 saturated carbocycles. The molecule has 0 amide bonds. The van der Waals surface area contributed by atoms with E-state index in [2.05, 4.69) is 25.7 Å². The number of rotatable bonds is 42. The van der Waals surface area contributed by atoms with Crippen molar-refractivity contribution in [3.63, 3.8) is 0 Å². The Labute approximate surface area is 360 Å². The van der Waals surface area contributed by atoms with Gasteiger partial charge >= 0.3 is 5.97 Å². The first kappa shape index (κ1) is 56.4. The van der Waals surface area contributed by atoms with Crippen LogP contribution in [-0.4, -0.2) is 80.0 Å². The molecule has 342 valence electrons. The molecule has 1 saturated heterocycles. The number of nitrogens with zero attached hydrogens (tertiary/aromatic N) is 2. The van der Waals surface area contributed by atoms with Crippen LogP contribution in [-0.2, 0) is 23.9 Å². The standard InChI is InChI=1S/C46H87NO4.C5H11NO/c1-4-7-10-13-16-17-18-21-30-40-51-46(50)37-28-23-29-38-47-39-31-35-44(47)45(49)36-27-22-26-34-43(48)41-42(32-24-19-14-11-8-5-2)33-25-20-15-12-9-6-3;1-6(2)4-3-5-7/h42,44H,4-41H2,1-3H3;5H,3-4H2,1-2H3. The van der Waals surface area contributed by atoms with Gasteiger partial charge in [-0.25, -0.2) is 0 Å². The minimum absolute atomic E-state index is 0.0494. The number of hydrogen-bond acceptors (Lipinski definition) is 7. The molecule has 1 aliphatic heterocycles. The molecule has 0 N–H and O–H groups in total. The predicted molar refractivity (Wildman–Crippen MR) is 248 cm³/mol. The molecular weight excluding hydrogens is 721 g/mol. The van der Waals surface area contributed by atoms with E-state index in [1.165, 1.54) is 135 Å². The van der Waals surface area contributed by atoms with Crippen LogP contribution in [0, 0.1) is 5.92 Å². The van der Waals surface area contributed by atoms with Gasteiger partial charge in [0.05, 0.1) is 12.6 Å². The summed E-state index contributed by atoms with van der Waals surface area (Å²) in [5.74, 6) is 1.38. The number of hydrogen-bond donors (Lipinski definition) is 0. The SMILES string of the molecule is CCCCCCCCCCCOC(=O)CCCCCN1CCCC1C(=O)CCCCCC(=O)CC(CCCCCCCC)CCCCCCCC.CN(C)CCC=O. The van der Waals surface area contributed by atoms with Gasteiger partial charge in [-0.05, 0) is 78.0 Å². The predicted octanol–water partition coefficient (Wildman–Crippen LogP) is 13.8. The Balaban J connectivity index is 0.00000422. The summed E-state index contributed by atoms with van der Waals surface area (Å²) in [5, 5.41) is 0. The van der Waals surface area contributed by atoms with Gasteiger partial charge in [-0.3, -0.25) is 19.3 Å². The second-order valence-electron chi connectivity index (χ2n) is 18.1. The van der Waals surface area contributed by atoms with Gasteiger partial charge in [0.15, 0.2) is 0 Å². The van der Waals surface area contributed by atoms with Crippen molar-refractivity contribution in [1.29, 1.82) is 0 Å². The van der Waals surface area contributed by atoms with Crippen LogP contribution in [0.5, 0.6) is 0 Å². The number of aldehydes is 1. The van der Waals surface area contributed by atoms with Crippen molar-refractivity contribution < 1.29 is 23.9 Å². The highest BCUT2D eigenvalue weighted by Crippen LogP contribution is 2.25. The first-order valence-electron chi connectivity index (χ1n) is 25.3. The smallest absolute Gasteiger partial charge is 0.305 e. The molecule has 0 aromatic rings. The Morgan fingerprint density at radius 1 is 0.621 bits per heavy atom. The lowest BCUT2D eigenvalue weighted by atomic mass is 9.89. The number of unbranched alkanes of at least 4 members (excludes halogenated alkanes) is 22. The average molecular weight is 819 g/mol. The molecule has 0 aliphatic carbocycles. The van der Waals surface area contributed by atoms with E-state index in [1.807, 2.05) is 19.0 Å². The van der Waals surface area contributed by atoms with Crippen molar-refractivity contribution in [2.24, 2.45) is 5.92 Å². The average Bonchev–Trinajstić information content (AvgIpc) is 3.69. The number of likely N-dealkylation sites (tertiary alicyclic amines) is 1. The lowest BCUT2D eigenvalue weighted by Gasteiger charge is -2.23. The van der Waals surface area contributed by atoms with Gasteiger partial charge in [0.25, 0.3) is 0 Å². The molecule has 1 rings (SSSR count). The number of Topliss-reactive ketones (excluding diaryl/α,β-unsaturated/α-hetero) is 2. The van der Waals surface area contributed by atoms with Crippen LogP contribution < -0.4 is 0 Å². The number of carbonyl (C=O) groups excluding carboxylic acids is 4. The summed E-state index contributed by atoms with van der Waals surface area (Å²) in [6, 6.07) is 0.0811. The second kappa shape index (κ2) is 43.5. The Morgan fingerprint density at radius 3 is 1.64 bits per heavy atom. The zero-order valence-corrected chi connectivity index (χ0v) is 39.5. The first-order valence-corrected chi connectivity index (χ1v) is 25.3. The maximum absolute atomic E-state index is 13.1. The third-order valence-corrected chi connectivity index (χ3v) is 12.1. The van der Waals surface area contributed by atoms with E-state index < -0.39 is 0 Å². The third kappa shape index (κ3) is 37.4. The molecule has 0 aromatic carbocycles. The van der Waals surface area contributed by atoms with Gasteiger partial charge in [-0.15, -0.1) is 0 Å². The van der Waals surface area contributed by atoms with E-state index in [1.54, 1.807) is 0 Å². The summed E-state index contributed by atoms with van der Waals surface area (Å²) in [7, 11) is 3.90. The first-order chi connectivity index (χ1) is 28.3. The Kier molecular flexibility index (Phi) is 42.3. The van der Waals surface area contributed by atoms with Crippen LogP contribution in [0.2, 0.25) is 0 Å². The normalized spacial score (nSPS) is 14.2. The van der Waals surface area contributed by atoms with Crippen molar-refractivity contribution in [3.8, 4) is 0 Å². The topological polar surface area (TPSA) is 84.0 Å². The molecule has 0 bridgehead atoms. The Hall–Kier alpha value is -1.60. The van der Waals surface area contributed by atoms with Gasteiger partial charge in [0.2, 0.25) is 0 Å². The number of carbonyl (C=O) groups is 4. The summed E-state index contributed by atoms with van der Waals surface area (Å²) in [5.41, 5.74) is 0. The minimum Gasteiger partial charge on any atom is -0.466 e. The van der Waals surface area contributed by atoms with Gasteiger partial charge in [-0.2, -0.15) is 0 Å². The van der Waals surface area contributed by atoms with Crippen LogP contribution >= 0.6 is 0 Å². The minimum atomic E-state index is -0.0494. The fourth-order valence-electron chi connectivity index (χ4n) is 8.37. The third-order valence-electron chi connectivity index (χ3n) is 12.1. The van der Waals surface area contributed by atoms with Crippen LogP contribution in [0.25, 0.3) is 0 Å². The Bertz CT molecular complexity index is 924. The van der Waals surface area contributed by atoms with E-state index in [0.29, 0.717) is 49.8 Å². The van der Waals surface area contributed by atoms with Crippen molar-refractivity contribution in [3.05, 3.63) is 0 Å². The van der Waals surface area contributed by atoms with E-state index >= 15 is 0 Å². The summed E-state index contributed by atoms with van der Waals surface area (Å²) < 4.78 is 5.46. The van der Waals surface area contributed by atoms with Crippen LogP contribution in [0.4, 0.5) is 0 Å². The Morgan fingerprint density at radius 2 is 1.10 bits per heavy atom. The van der Waals surface area contributed by atoms with Crippen molar-refractivity contribution in [2.75, 3.05) is 40.3 Å². The fourth-order valence-corrected chi connectivity index (χ4v) is 8.37. The molecule has 1 atom stereocenters. The highest BCUT2D eigenvalue weighted by atomic mass is 16.5. The van der Waals surface area contributed by atoms with E-state index in [9.17, 15) is 19.2 Å². The van der Waals surface area contributed by atoms with E-state index in [-0.39, 0.29) is 12.0 Å². The largest absolute Gasteiger partial charge is 0.466 e. The molecule has 1 unspecified atom stereocenters. The van der Waals surface area contributed by atoms with Gasteiger partial charge in [0.1, 0.15) is 17.9 Å². The lowest BCUT2D eigenvalue weighted by Crippen LogP contribution is -2.36. The zero-order chi connectivity index (χ0) is 42.7. The maximum Gasteiger partial charge on any atom is 0.305 e. The van der Waals surface area contributed by atoms with Gasteiger partial charge in [0, 0.05) is 38.6 Å². The molecular formula is C51H98N2O5. The maximum atomic E-state index is 13.1. The number of ether oxygens (including phenoxy) is 1. The molecule has 0 radical (unpaired) electrons. The van der Waals surface area contributed by atoms with Crippen molar-refractivity contribution in [2.45, 2.75) is 258 Å². The van der Waals surface area contributed by atoms with Crippen LogP contribution in [0.1, 0.15) is 252 Å². The molecule has 1 heterocycles. The van der Waals surface area contributed by atoms with Crippen molar-refractivity contribution in [1.82, 2.24) is 9.80 Å². The molecule has 1 fully saturated rings. The quantitative estimate of drug-likeness (QED) is 0.0344. The monoisotopic (exact) mass is 819 g/mol. The van der Waals surface area contributed by atoms with Gasteiger partial charge < -0.3 is 14.4 Å². The highest BCUT2D eigenvalue weighted by Gasteiger charge is 2.29. The number of ketones is 2. The molecule has 7 heteroatoms. The summed E-state index contributed by atoms with van der Waals surface area (Å²) >= 11 is 0. The van der Waals surface area contributed by atoms with E-state index in [4.69, 9.17) is 4.74 Å².